The van der Waals surface area contributed by atoms with Crippen molar-refractivity contribution in [3.05, 3.63) is 62.8 Å². The summed E-state index contributed by atoms with van der Waals surface area (Å²) in [4.78, 5) is 0. The zero-order valence-electron chi connectivity index (χ0n) is 9.18. The molecule has 0 spiro atoms. The number of anilines is 1. The Labute approximate surface area is 119 Å². The molecule has 2 rings (SSSR count). The van der Waals surface area contributed by atoms with Crippen molar-refractivity contribution >= 4 is 40.5 Å². The predicted octanol–water partition coefficient (Wildman–Crippen LogP) is 5.40. The smallest absolute Gasteiger partial charge is 0.123 e. The molecule has 18 heavy (non-hydrogen) atoms. The molecule has 0 unspecified atom stereocenters. The maximum Gasteiger partial charge on any atom is 0.123 e. The number of hydrogen-bond acceptors (Lipinski definition) is 1. The number of benzene rings is 2. The Morgan fingerprint density at radius 1 is 0.944 bits per heavy atom. The fourth-order valence-corrected chi connectivity index (χ4v) is 2.24. The van der Waals surface area contributed by atoms with Gasteiger partial charge in [-0.15, -0.1) is 0 Å². The van der Waals surface area contributed by atoms with Gasteiger partial charge in [0.1, 0.15) is 5.82 Å². The van der Waals surface area contributed by atoms with Gasteiger partial charge in [-0.1, -0.05) is 40.9 Å². The number of nitrogens with one attached hydrogen (secondary N) is 1. The van der Waals surface area contributed by atoms with Crippen molar-refractivity contribution in [1.29, 1.82) is 0 Å². The molecule has 94 valence electrons. The molecule has 0 aliphatic rings. The van der Waals surface area contributed by atoms with Crippen LogP contribution < -0.4 is 5.32 Å². The van der Waals surface area contributed by atoms with E-state index in [4.69, 9.17) is 34.8 Å². The molecule has 0 aliphatic heterocycles. The Morgan fingerprint density at radius 2 is 1.61 bits per heavy atom. The Kier molecular flexibility index (Phi) is 4.33. The molecule has 0 amide bonds. The van der Waals surface area contributed by atoms with E-state index in [0.29, 0.717) is 32.9 Å². The van der Waals surface area contributed by atoms with Crippen LogP contribution in [0.5, 0.6) is 0 Å². The SMILES string of the molecule is Fc1ccc(Cl)c(CNc2c(Cl)cccc2Cl)c1. The number of rotatable bonds is 3. The van der Waals surface area contributed by atoms with E-state index < -0.39 is 0 Å². The minimum atomic E-state index is -0.332. The van der Waals surface area contributed by atoms with E-state index in [2.05, 4.69) is 5.32 Å². The standard InChI is InChI=1S/C13H9Cl3FN/c14-10-5-4-9(17)6-8(10)7-18-13-11(15)2-1-3-12(13)16/h1-6,18H,7H2. The Morgan fingerprint density at radius 3 is 2.28 bits per heavy atom. The highest BCUT2D eigenvalue weighted by atomic mass is 35.5. The van der Waals surface area contributed by atoms with E-state index >= 15 is 0 Å². The second-order valence-corrected chi connectivity index (χ2v) is 4.91. The van der Waals surface area contributed by atoms with E-state index in [1.807, 2.05) is 0 Å². The summed E-state index contributed by atoms with van der Waals surface area (Å²) < 4.78 is 13.1. The lowest BCUT2D eigenvalue weighted by Crippen LogP contribution is -2.01. The molecule has 0 atom stereocenters. The van der Waals surface area contributed by atoms with Gasteiger partial charge in [-0.25, -0.2) is 4.39 Å². The van der Waals surface area contributed by atoms with Crippen molar-refractivity contribution in [1.82, 2.24) is 0 Å². The van der Waals surface area contributed by atoms with Gasteiger partial charge in [-0.2, -0.15) is 0 Å². The lowest BCUT2D eigenvalue weighted by molar-refractivity contribution is 0.626. The average Bonchev–Trinajstić information content (AvgIpc) is 2.33. The summed E-state index contributed by atoms with van der Waals surface area (Å²) in [6.07, 6.45) is 0. The number of para-hydroxylation sites is 1. The van der Waals surface area contributed by atoms with Crippen LogP contribution in [0.1, 0.15) is 5.56 Å². The van der Waals surface area contributed by atoms with Crippen LogP contribution in [0.15, 0.2) is 36.4 Å². The third kappa shape index (κ3) is 3.08. The van der Waals surface area contributed by atoms with Gasteiger partial charge in [0.15, 0.2) is 0 Å². The molecule has 1 nitrogen and oxygen atoms in total. The molecule has 0 fully saturated rings. The molecule has 0 aliphatic carbocycles. The van der Waals surface area contributed by atoms with Crippen LogP contribution in [0.25, 0.3) is 0 Å². The lowest BCUT2D eigenvalue weighted by atomic mass is 10.2. The second-order valence-electron chi connectivity index (χ2n) is 3.69. The summed E-state index contributed by atoms with van der Waals surface area (Å²) in [6, 6.07) is 9.41. The monoisotopic (exact) mass is 303 g/mol. The first-order chi connectivity index (χ1) is 8.58. The van der Waals surface area contributed by atoms with Gasteiger partial charge in [-0.3, -0.25) is 0 Å². The van der Waals surface area contributed by atoms with Crippen LogP contribution >= 0.6 is 34.8 Å². The largest absolute Gasteiger partial charge is 0.378 e. The highest BCUT2D eigenvalue weighted by molar-refractivity contribution is 6.39. The van der Waals surface area contributed by atoms with E-state index in [9.17, 15) is 4.39 Å². The molecule has 0 aromatic heterocycles. The number of hydrogen-bond donors (Lipinski definition) is 1. The maximum atomic E-state index is 13.1. The zero-order chi connectivity index (χ0) is 13.1. The van der Waals surface area contributed by atoms with Gasteiger partial charge in [0.2, 0.25) is 0 Å². The first kappa shape index (κ1) is 13.5. The van der Waals surface area contributed by atoms with Crippen molar-refractivity contribution in [3.63, 3.8) is 0 Å². The normalized spacial score (nSPS) is 10.4. The minimum absolute atomic E-state index is 0.332. The van der Waals surface area contributed by atoms with Crippen molar-refractivity contribution in [2.75, 3.05) is 5.32 Å². The second kappa shape index (κ2) is 5.79. The first-order valence-electron chi connectivity index (χ1n) is 5.20. The highest BCUT2D eigenvalue weighted by Gasteiger charge is 2.07. The summed E-state index contributed by atoms with van der Waals surface area (Å²) in [5.41, 5.74) is 1.26. The Balaban J connectivity index is 2.19. The number of halogens is 4. The maximum absolute atomic E-state index is 13.1. The van der Waals surface area contributed by atoms with Gasteiger partial charge in [0, 0.05) is 11.6 Å². The van der Waals surface area contributed by atoms with Gasteiger partial charge < -0.3 is 5.32 Å². The van der Waals surface area contributed by atoms with Crippen LogP contribution in [0.2, 0.25) is 15.1 Å². The average molecular weight is 305 g/mol. The topological polar surface area (TPSA) is 12.0 Å². The third-order valence-electron chi connectivity index (χ3n) is 2.43. The van der Waals surface area contributed by atoms with Crippen LogP contribution in [0.4, 0.5) is 10.1 Å². The summed E-state index contributed by atoms with van der Waals surface area (Å²) >= 11 is 18.0. The van der Waals surface area contributed by atoms with E-state index in [0.717, 1.165) is 0 Å². The Bertz CT molecular complexity index is 552. The molecule has 0 bridgehead atoms. The van der Waals surface area contributed by atoms with Gasteiger partial charge in [-0.05, 0) is 35.9 Å². The van der Waals surface area contributed by atoms with Crippen LogP contribution in [0.3, 0.4) is 0 Å². The van der Waals surface area contributed by atoms with Crippen molar-refractivity contribution in [2.24, 2.45) is 0 Å². The summed E-state index contributed by atoms with van der Waals surface area (Å²) in [5, 5.41) is 4.56. The van der Waals surface area contributed by atoms with Gasteiger partial charge >= 0.3 is 0 Å². The first-order valence-corrected chi connectivity index (χ1v) is 6.33. The highest BCUT2D eigenvalue weighted by Crippen LogP contribution is 2.30. The lowest BCUT2D eigenvalue weighted by Gasteiger charge is -2.11. The molecule has 0 saturated heterocycles. The molecule has 0 heterocycles. The van der Waals surface area contributed by atoms with Crippen molar-refractivity contribution < 1.29 is 4.39 Å². The zero-order valence-corrected chi connectivity index (χ0v) is 11.5. The van der Waals surface area contributed by atoms with Crippen LogP contribution in [-0.2, 0) is 6.54 Å². The molecular formula is C13H9Cl3FN. The Hall–Kier alpha value is -0.960. The van der Waals surface area contributed by atoms with Crippen molar-refractivity contribution in [2.45, 2.75) is 6.54 Å². The molecule has 1 N–H and O–H groups in total. The fourth-order valence-electron chi connectivity index (χ4n) is 1.53. The molecule has 2 aromatic rings. The quantitative estimate of drug-likeness (QED) is 0.800. The summed E-state index contributed by atoms with van der Waals surface area (Å²) in [7, 11) is 0. The predicted molar refractivity (Wildman–Crippen MR) is 75.2 cm³/mol. The van der Waals surface area contributed by atoms with E-state index in [1.54, 1.807) is 18.2 Å². The molecular weight excluding hydrogens is 296 g/mol. The van der Waals surface area contributed by atoms with Crippen LogP contribution in [-0.4, -0.2) is 0 Å². The van der Waals surface area contributed by atoms with E-state index in [-0.39, 0.29) is 5.82 Å². The van der Waals surface area contributed by atoms with Crippen molar-refractivity contribution in [3.8, 4) is 0 Å². The summed E-state index contributed by atoms with van der Waals surface area (Å²) in [6.45, 7) is 0.347. The summed E-state index contributed by atoms with van der Waals surface area (Å²) in [5.74, 6) is -0.332. The van der Waals surface area contributed by atoms with Crippen LogP contribution in [0, 0.1) is 5.82 Å². The molecule has 0 radical (unpaired) electrons. The third-order valence-corrected chi connectivity index (χ3v) is 3.42. The van der Waals surface area contributed by atoms with Gasteiger partial charge in [0.05, 0.1) is 15.7 Å². The fraction of sp³-hybridized carbons (Fsp3) is 0.0769. The molecule has 2 aromatic carbocycles. The van der Waals surface area contributed by atoms with E-state index in [1.165, 1.54) is 18.2 Å². The molecule has 5 heteroatoms. The minimum Gasteiger partial charge on any atom is -0.378 e. The molecule has 0 saturated carbocycles. The van der Waals surface area contributed by atoms with Gasteiger partial charge in [0.25, 0.3) is 0 Å².